The van der Waals surface area contributed by atoms with Crippen molar-refractivity contribution in [2.45, 2.75) is 36.6 Å². The topological polar surface area (TPSA) is 267 Å². The van der Waals surface area contributed by atoms with Crippen molar-refractivity contribution < 1.29 is 75.9 Å². The lowest BCUT2D eigenvalue weighted by Gasteiger charge is -2.45. The van der Waals surface area contributed by atoms with Gasteiger partial charge in [0.15, 0.2) is 0 Å². The summed E-state index contributed by atoms with van der Waals surface area (Å²) in [5.74, 6) is 0. The summed E-state index contributed by atoms with van der Waals surface area (Å²) in [6.45, 7) is 0. The predicted octanol–water partition coefficient (Wildman–Crippen LogP) is -2.79. The highest BCUT2D eigenvalue weighted by molar-refractivity contribution is 7.46. The molecule has 0 aromatic heterocycles. The van der Waals surface area contributed by atoms with Gasteiger partial charge in [0, 0.05) is 0 Å². The molecule has 0 amide bonds. The summed E-state index contributed by atoms with van der Waals surface area (Å²) in [6.07, 6.45) is -13.9. The van der Waals surface area contributed by atoms with Crippen LogP contribution in [0.3, 0.4) is 0 Å². The maximum atomic E-state index is 11.0. The average molecular weight is 468 g/mol. The SMILES string of the molecule is O=[PH](O)O[C@H]1[C@H](O)[C@@H](OP(=O)(O)O)[C@H](OP(=O)(O)O)[C@H](O)[C@@H]1O[PH](=O)O. The smallest absolute Gasteiger partial charge is 0.387 e. The van der Waals surface area contributed by atoms with Crippen molar-refractivity contribution in [2.24, 2.45) is 0 Å². The molecule has 16 nitrogen and oxygen atoms in total. The highest BCUT2D eigenvalue weighted by Gasteiger charge is 2.56. The molecule has 0 saturated heterocycles. The molecule has 0 aliphatic heterocycles. The van der Waals surface area contributed by atoms with Crippen LogP contribution < -0.4 is 0 Å². The number of phosphoric acid groups is 2. The molecule has 8 atom stereocenters. The number of aliphatic hydroxyl groups is 2. The first-order chi connectivity index (χ1) is 11.6. The van der Waals surface area contributed by atoms with E-state index >= 15 is 0 Å². The molecule has 156 valence electrons. The van der Waals surface area contributed by atoms with E-state index < -0.39 is 68.8 Å². The van der Waals surface area contributed by atoms with Crippen LogP contribution in [0.4, 0.5) is 0 Å². The van der Waals surface area contributed by atoms with E-state index in [0.29, 0.717) is 0 Å². The Balaban J connectivity index is 3.35. The van der Waals surface area contributed by atoms with Crippen LogP contribution in [0.5, 0.6) is 0 Å². The van der Waals surface area contributed by atoms with Gasteiger partial charge in [0.25, 0.3) is 0 Å². The number of hydrogen-bond acceptors (Lipinski definition) is 10. The average Bonchev–Trinajstić information content (AvgIpc) is 2.41. The molecule has 1 rings (SSSR count). The van der Waals surface area contributed by atoms with Crippen molar-refractivity contribution in [3.63, 3.8) is 0 Å². The van der Waals surface area contributed by atoms with Crippen LogP contribution >= 0.6 is 32.2 Å². The second-order valence-corrected chi connectivity index (χ2v) is 8.72. The van der Waals surface area contributed by atoms with Crippen LogP contribution in [-0.2, 0) is 36.4 Å². The molecule has 8 N–H and O–H groups in total. The van der Waals surface area contributed by atoms with Crippen molar-refractivity contribution >= 4 is 32.2 Å². The third kappa shape index (κ3) is 7.46. The standard InChI is InChI=1S/C6H16O16P4/c7-1-3(19-23(9)10)4(20-24(11)12)2(8)6(22-26(16,17)18)5(1)21-25(13,14)15/h1-8,23-24H,(H,9,10)(H,11,12)(H2,13,14,15)(H2,16,17,18)/t1-,2+,3-,4-,5+,6+/m0/s1. The van der Waals surface area contributed by atoms with Gasteiger partial charge in [-0.15, -0.1) is 0 Å². The van der Waals surface area contributed by atoms with E-state index in [4.69, 9.17) is 29.4 Å². The summed E-state index contributed by atoms with van der Waals surface area (Å²) in [5.41, 5.74) is 0. The third-order valence-electron chi connectivity index (χ3n) is 2.99. The summed E-state index contributed by atoms with van der Waals surface area (Å²) in [4.78, 5) is 53.1. The molecule has 20 heteroatoms. The normalized spacial score (nSPS) is 35.8. The van der Waals surface area contributed by atoms with Gasteiger partial charge < -0.3 is 48.6 Å². The molecule has 1 aliphatic rings. The summed E-state index contributed by atoms with van der Waals surface area (Å²) in [6, 6.07) is 0. The van der Waals surface area contributed by atoms with Crippen molar-refractivity contribution in [1.82, 2.24) is 0 Å². The number of hydrogen-bond donors (Lipinski definition) is 8. The van der Waals surface area contributed by atoms with Crippen LogP contribution in [0.25, 0.3) is 0 Å². The monoisotopic (exact) mass is 468 g/mol. The zero-order valence-corrected chi connectivity index (χ0v) is 16.0. The van der Waals surface area contributed by atoms with Crippen molar-refractivity contribution in [3.8, 4) is 0 Å². The minimum atomic E-state index is -5.45. The first kappa shape index (κ1) is 24.5. The van der Waals surface area contributed by atoms with Crippen LogP contribution in [0.15, 0.2) is 0 Å². The molecule has 1 aliphatic carbocycles. The fourth-order valence-electron chi connectivity index (χ4n) is 2.22. The first-order valence-electron chi connectivity index (χ1n) is 6.25. The summed E-state index contributed by atoms with van der Waals surface area (Å²) in [7, 11) is -18.7. The van der Waals surface area contributed by atoms with E-state index in [1.54, 1.807) is 0 Å². The van der Waals surface area contributed by atoms with E-state index in [1.807, 2.05) is 0 Å². The molecule has 26 heavy (non-hydrogen) atoms. The number of aliphatic hydroxyl groups excluding tert-OH is 2. The molecule has 0 radical (unpaired) electrons. The van der Waals surface area contributed by atoms with Crippen molar-refractivity contribution in [1.29, 1.82) is 0 Å². The Hall–Kier alpha value is 0.440. The number of phosphoric ester groups is 2. The molecule has 1 saturated carbocycles. The third-order valence-corrected chi connectivity index (χ3v) is 4.97. The summed E-state index contributed by atoms with van der Waals surface area (Å²) < 4.78 is 60.8. The molecule has 0 bridgehead atoms. The molecule has 1 fully saturated rings. The Kier molecular flexibility index (Phi) is 8.75. The van der Waals surface area contributed by atoms with Gasteiger partial charge in [-0.05, 0) is 0 Å². The molecule has 0 aromatic carbocycles. The highest BCUT2D eigenvalue weighted by Crippen LogP contribution is 2.48. The quantitative estimate of drug-likeness (QED) is 0.167. The number of rotatable bonds is 8. The Bertz CT molecular complexity index is 570. The predicted molar refractivity (Wildman–Crippen MR) is 78.0 cm³/mol. The van der Waals surface area contributed by atoms with Crippen molar-refractivity contribution in [2.75, 3.05) is 0 Å². The second-order valence-electron chi connectivity index (χ2n) is 4.80. The lowest BCUT2D eigenvalue weighted by Crippen LogP contribution is -2.65. The molecule has 0 aromatic rings. The van der Waals surface area contributed by atoms with Gasteiger partial charge in [0.1, 0.15) is 36.6 Å². The Labute approximate surface area is 145 Å². The van der Waals surface area contributed by atoms with Gasteiger partial charge in [-0.2, -0.15) is 0 Å². The van der Waals surface area contributed by atoms with Crippen LogP contribution in [0.2, 0.25) is 0 Å². The van der Waals surface area contributed by atoms with Crippen LogP contribution in [0, 0.1) is 0 Å². The van der Waals surface area contributed by atoms with Gasteiger partial charge in [-0.25, -0.2) is 9.13 Å². The second kappa shape index (κ2) is 9.29. The summed E-state index contributed by atoms with van der Waals surface area (Å²) in [5, 5.41) is 20.2. The zero-order valence-electron chi connectivity index (χ0n) is 12.2. The molecule has 2 unspecified atom stereocenters. The van der Waals surface area contributed by atoms with Crippen LogP contribution in [-0.4, -0.2) is 76.2 Å². The maximum absolute atomic E-state index is 11.0. The zero-order chi connectivity index (χ0) is 20.4. The Morgan fingerprint density at radius 2 is 0.923 bits per heavy atom. The molecule has 0 spiro atoms. The van der Waals surface area contributed by atoms with Gasteiger partial charge in [-0.1, -0.05) is 0 Å². The van der Waals surface area contributed by atoms with Crippen LogP contribution in [0.1, 0.15) is 0 Å². The fourth-order valence-corrected chi connectivity index (χ4v) is 4.36. The molecular weight excluding hydrogens is 452 g/mol. The summed E-state index contributed by atoms with van der Waals surface area (Å²) >= 11 is 0. The first-order valence-corrected chi connectivity index (χ1v) is 11.8. The van der Waals surface area contributed by atoms with Gasteiger partial charge in [0.05, 0.1) is 0 Å². The van der Waals surface area contributed by atoms with E-state index in [2.05, 4.69) is 18.1 Å². The van der Waals surface area contributed by atoms with E-state index in [-0.39, 0.29) is 0 Å². The molecule has 0 heterocycles. The van der Waals surface area contributed by atoms with E-state index in [1.165, 1.54) is 0 Å². The Morgan fingerprint density at radius 1 is 0.654 bits per heavy atom. The van der Waals surface area contributed by atoms with Gasteiger partial charge >= 0.3 is 32.2 Å². The lowest BCUT2D eigenvalue weighted by atomic mass is 9.85. The largest absolute Gasteiger partial charge is 0.470 e. The van der Waals surface area contributed by atoms with Gasteiger partial charge in [0.2, 0.25) is 0 Å². The van der Waals surface area contributed by atoms with E-state index in [0.717, 1.165) is 0 Å². The van der Waals surface area contributed by atoms with E-state index in [9.17, 15) is 28.5 Å². The maximum Gasteiger partial charge on any atom is 0.470 e. The minimum absolute atomic E-state index is 2.16. The fraction of sp³-hybridized carbons (Fsp3) is 1.00. The minimum Gasteiger partial charge on any atom is -0.387 e. The molecular formula is C6H16O16P4. The van der Waals surface area contributed by atoms with Gasteiger partial charge in [-0.3, -0.25) is 18.2 Å². The highest BCUT2D eigenvalue weighted by atomic mass is 31.2. The lowest BCUT2D eigenvalue weighted by molar-refractivity contribution is -0.203. The Morgan fingerprint density at radius 3 is 1.12 bits per heavy atom. The van der Waals surface area contributed by atoms with Crippen molar-refractivity contribution in [3.05, 3.63) is 0 Å².